The van der Waals surface area contributed by atoms with Gasteiger partial charge in [-0.05, 0) is 81.7 Å². The van der Waals surface area contributed by atoms with Crippen LogP contribution in [0.5, 0.6) is 5.75 Å². The number of aliphatic hydroxyl groups excluding tert-OH is 1. The van der Waals surface area contributed by atoms with Crippen LogP contribution in [0.2, 0.25) is 0 Å². The highest BCUT2D eigenvalue weighted by Crippen LogP contribution is 2.44. The summed E-state index contributed by atoms with van der Waals surface area (Å²) in [7, 11) is 0. The maximum Gasteiger partial charge on any atom is 0.252 e. The number of benzene rings is 4. The molecule has 0 unspecified atom stereocenters. The van der Waals surface area contributed by atoms with Crippen LogP contribution in [0.25, 0.3) is 20.9 Å². The minimum atomic E-state index is -1.56. The molecular formula is C36H35FN8O4. The Labute approximate surface area is 282 Å². The Bertz CT molecular complexity index is 1870. The molecule has 2 atom stereocenters. The third-order valence-corrected chi connectivity index (χ3v) is 8.17. The molecule has 1 amide bonds. The topological polar surface area (TPSA) is 178 Å². The minimum absolute atomic E-state index is 0.0192. The van der Waals surface area contributed by atoms with E-state index in [1.54, 1.807) is 36.4 Å². The number of rotatable bonds is 16. The molecule has 49 heavy (non-hydrogen) atoms. The summed E-state index contributed by atoms with van der Waals surface area (Å²) in [6.45, 7) is 0.712. The van der Waals surface area contributed by atoms with Gasteiger partial charge in [-0.2, -0.15) is 0 Å². The molecule has 0 aromatic heterocycles. The number of ether oxygens (including phenoxy) is 2. The molecule has 0 fully saturated rings. The van der Waals surface area contributed by atoms with Crippen LogP contribution >= 0.6 is 0 Å². The smallest absolute Gasteiger partial charge is 0.252 e. The van der Waals surface area contributed by atoms with E-state index in [1.807, 2.05) is 48.5 Å². The predicted octanol–water partition coefficient (Wildman–Crippen LogP) is 7.07. The van der Waals surface area contributed by atoms with Crippen LogP contribution < -0.4 is 10.1 Å². The summed E-state index contributed by atoms with van der Waals surface area (Å²) in [4.78, 5) is 25.6. The van der Waals surface area contributed by atoms with Gasteiger partial charge in [-0.3, -0.25) is 4.79 Å². The maximum absolute atomic E-state index is 14.7. The Balaban J connectivity index is 1.60. The number of hydrogen-bond donors (Lipinski definition) is 2. The molecule has 250 valence electrons. The number of hydrogen-bond acceptors (Lipinski definition) is 7. The lowest BCUT2D eigenvalue weighted by Crippen LogP contribution is -2.50. The zero-order valence-electron chi connectivity index (χ0n) is 26.7. The van der Waals surface area contributed by atoms with E-state index in [1.165, 1.54) is 12.1 Å². The number of amides is 1. The van der Waals surface area contributed by atoms with Crippen molar-refractivity contribution >= 4 is 11.8 Å². The lowest BCUT2D eigenvalue weighted by atomic mass is 9.79. The van der Waals surface area contributed by atoms with E-state index in [4.69, 9.17) is 30.6 Å². The Morgan fingerprint density at radius 1 is 0.918 bits per heavy atom. The molecule has 0 saturated heterocycles. The molecule has 0 spiro atoms. The highest BCUT2D eigenvalue weighted by molar-refractivity contribution is 6.01. The van der Waals surface area contributed by atoms with Gasteiger partial charge in [0.2, 0.25) is 5.90 Å². The van der Waals surface area contributed by atoms with Crippen LogP contribution in [-0.2, 0) is 35.5 Å². The summed E-state index contributed by atoms with van der Waals surface area (Å²) in [5.74, 6) is 0.0781. The molecule has 0 aliphatic carbocycles. The van der Waals surface area contributed by atoms with Crippen LogP contribution in [0.15, 0.2) is 112 Å². The van der Waals surface area contributed by atoms with Crippen molar-refractivity contribution in [3.63, 3.8) is 0 Å². The summed E-state index contributed by atoms with van der Waals surface area (Å²) in [6.07, 6.45) is 0.0716. The van der Waals surface area contributed by atoms with Gasteiger partial charge in [-0.1, -0.05) is 70.9 Å². The first kappa shape index (κ1) is 34.5. The molecule has 4 aromatic carbocycles. The van der Waals surface area contributed by atoms with Crippen molar-refractivity contribution in [2.24, 2.45) is 15.2 Å². The first-order chi connectivity index (χ1) is 24.0. The van der Waals surface area contributed by atoms with Crippen molar-refractivity contribution in [2.75, 3.05) is 19.8 Å². The van der Waals surface area contributed by atoms with Gasteiger partial charge in [-0.15, -0.1) is 0 Å². The quantitative estimate of drug-likeness (QED) is 0.0565. The molecule has 0 saturated carbocycles. The summed E-state index contributed by atoms with van der Waals surface area (Å²) in [6, 6.07) is 27.9. The third kappa shape index (κ3) is 8.54. The summed E-state index contributed by atoms with van der Waals surface area (Å²) >= 11 is 0. The minimum Gasteiger partial charge on any atom is -0.494 e. The molecule has 5 rings (SSSR count). The first-order valence-corrected chi connectivity index (χ1v) is 15.8. The van der Waals surface area contributed by atoms with Gasteiger partial charge >= 0.3 is 0 Å². The van der Waals surface area contributed by atoms with E-state index >= 15 is 0 Å². The molecule has 12 nitrogen and oxygen atoms in total. The number of azide groups is 2. The molecule has 1 aliphatic heterocycles. The van der Waals surface area contributed by atoms with E-state index in [9.17, 15) is 9.18 Å². The number of aliphatic imine (C=N–C) groups is 1. The zero-order valence-corrected chi connectivity index (χ0v) is 26.7. The first-order valence-electron chi connectivity index (χ1n) is 15.8. The summed E-state index contributed by atoms with van der Waals surface area (Å²) in [5.41, 5.74) is 20.8. The van der Waals surface area contributed by atoms with Crippen molar-refractivity contribution in [3.05, 3.63) is 157 Å². The average Bonchev–Trinajstić information content (AvgIpc) is 3.51. The molecule has 0 bridgehead atoms. The highest BCUT2D eigenvalue weighted by atomic mass is 19.1. The van der Waals surface area contributed by atoms with Crippen molar-refractivity contribution < 1.29 is 23.8 Å². The van der Waals surface area contributed by atoms with E-state index in [0.29, 0.717) is 41.9 Å². The average molecular weight is 663 g/mol. The normalized spacial score (nSPS) is 16.4. The van der Waals surface area contributed by atoms with Gasteiger partial charge in [-0.25, -0.2) is 9.38 Å². The SMILES string of the molecule is [N-]=[N+]=NCc1ccccc1C[C@@]1(C(=O)NCCc2ccc(F)cc2)N=C(c2ccc(OCCCO)cc2)O[C@@H]1c1ccccc1CN=[N+]=[N-]. The molecule has 13 heteroatoms. The number of carbonyl (C=O) groups is 1. The summed E-state index contributed by atoms with van der Waals surface area (Å²) in [5, 5.41) is 19.7. The lowest BCUT2D eigenvalue weighted by Gasteiger charge is -2.32. The zero-order chi connectivity index (χ0) is 34.5. The van der Waals surface area contributed by atoms with Crippen LogP contribution in [-0.4, -0.2) is 42.2 Å². The molecule has 0 radical (unpaired) electrons. The monoisotopic (exact) mass is 662 g/mol. The maximum atomic E-state index is 14.7. The molecular weight excluding hydrogens is 627 g/mol. The van der Waals surface area contributed by atoms with Crippen LogP contribution in [0.3, 0.4) is 0 Å². The summed E-state index contributed by atoms with van der Waals surface area (Å²) < 4.78 is 25.9. The standard InChI is InChI=1S/C36H35FN8O4/c37-30-14-10-25(11-15-30)18-19-40-35(47)36(22-27-6-1-2-7-28(27)23-41-44-38)33(32-9-4-3-8-29(32)24-42-45-39)49-34(43-36)26-12-16-31(17-13-26)48-21-5-20-46/h1-4,6-17,33,46H,5,18-24H2,(H,40,47)/t33-,36-/m1/s1. The fraction of sp³-hybridized carbons (Fsp3) is 0.278. The third-order valence-electron chi connectivity index (χ3n) is 8.17. The van der Waals surface area contributed by atoms with Gasteiger partial charge in [0, 0.05) is 41.4 Å². The Morgan fingerprint density at radius 2 is 1.57 bits per heavy atom. The van der Waals surface area contributed by atoms with E-state index < -0.39 is 17.6 Å². The van der Waals surface area contributed by atoms with E-state index in [-0.39, 0.29) is 44.4 Å². The van der Waals surface area contributed by atoms with Gasteiger partial charge < -0.3 is 19.9 Å². The van der Waals surface area contributed by atoms with Gasteiger partial charge in [0.05, 0.1) is 19.7 Å². The number of nitrogens with one attached hydrogen (secondary N) is 1. The van der Waals surface area contributed by atoms with Crippen molar-refractivity contribution in [3.8, 4) is 5.75 Å². The van der Waals surface area contributed by atoms with Crippen LogP contribution in [0, 0.1) is 5.82 Å². The van der Waals surface area contributed by atoms with E-state index in [0.717, 1.165) is 16.7 Å². The fourth-order valence-corrected chi connectivity index (χ4v) is 5.71. The highest BCUT2D eigenvalue weighted by Gasteiger charge is 2.54. The molecule has 2 N–H and O–H groups in total. The number of carbonyl (C=O) groups excluding carboxylic acids is 1. The van der Waals surface area contributed by atoms with Crippen molar-refractivity contribution in [1.29, 1.82) is 0 Å². The Hall–Kier alpha value is -5.87. The van der Waals surface area contributed by atoms with Gasteiger partial charge in [0.25, 0.3) is 5.91 Å². The largest absolute Gasteiger partial charge is 0.494 e. The Kier molecular flexibility index (Phi) is 11.8. The predicted molar refractivity (Wildman–Crippen MR) is 182 cm³/mol. The number of aliphatic hydroxyl groups is 1. The van der Waals surface area contributed by atoms with Crippen molar-refractivity contribution in [1.82, 2.24) is 5.32 Å². The number of halogens is 1. The van der Waals surface area contributed by atoms with Crippen LogP contribution in [0.4, 0.5) is 4.39 Å². The molecule has 1 heterocycles. The van der Waals surface area contributed by atoms with Crippen molar-refractivity contribution in [2.45, 2.75) is 44.0 Å². The second-order valence-electron chi connectivity index (χ2n) is 11.3. The van der Waals surface area contributed by atoms with E-state index in [2.05, 4.69) is 25.4 Å². The van der Waals surface area contributed by atoms with Gasteiger partial charge in [0.15, 0.2) is 11.6 Å². The lowest BCUT2D eigenvalue weighted by molar-refractivity contribution is -0.128. The fourth-order valence-electron chi connectivity index (χ4n) is 5.71. The van der Waals surface area contributed by atoms with Crippen LogP contribution in [0.1, 0.15) is 45.9 Å². The van der Waals surface area contributed by atoms with Gasteiger partial charge in [0.1, 0.15) is 11.6 Å². The second kappa shape index (κ2) is 16.8. The Morgan fingerprint density at radius 3 is 2.27 bits per heavy atom. The number of nitrogens with zero attached hydrogens (tertiary/aromatic N) is 7. The molecule has 4 aromatic rings. The molecule has 1 aliphatic rings. The second-order valence-corrected chi connectivity index (χ2v) is 11.3.